The summed E-state index contributed by atoms with van der Waals surface area (Å²) in [7, 11) is 0. The summed E-state index contributed by atoms with van der Waals surface area (Å²) in [5.74, 6) is 0.0301. The third-order valence-electron chi connectivity index (χ3n) is 6.34. The van der Waals surface area contributed by atoms with Gasteiger partial charge in [-0.1, -0.05) is 30.3 Å². The highest BCUT2D eigenvalue weighted by molar-refractivity contribution is 5.98. The van der Waals surface area contributed by atoms with Gasteiger partial charge >= 0.3 is 0 Å². The molecule has 30 heavy (non-hydrogen) atoms. The van der Waals surface area contributed by atoms with E-state index in [0.29, 0.717) is 31.6 Å². The van der Waals surface area contributed by atoms with E-state index in [1.54, 1.807) is 24.3 Å². The van der Waals surface area contributed by atoms with Crippen molar-refractivity contribution in [2.75, 3.05) is 29.9 Å². The smallest absolute Gasteiger partial charge is 0.244 e. The maximum Gasteiger partial charge on any atom is 0.244 e. The number of phenols is 1. The van der Waals surface area contributed by atoms with Crippen molar-refractivity contribution in [2.24, 2.45) is 5.92 Å². The number of phenolic OH excluding ortho intramolecular Hbond substituents is 1. The van der Waals surface area contributed by atoms with Gasteiger partial charge in [0, 0.05) is 18.2 Å². The molecule has 0 saturated carbocycles. The average Bonchev–Trinajstić information content (AvgIpc) is 2.79. The third-order valence-corrected chi connectivity index (χ3v) is 6.34. The molecule has 158 valence electrons. The lowest BCUT2D eigenvalue weighted by Gasteiger charge is -2.38. The number of carbonyl (C=O) groups is 2. The van der Waals surface area contributed by atoms with E-state index in [9.17, 15) is 14.7 Å². The molecular formula is C24H29N3O3. The fraction of sp³-hybridized carbons (Fsp3) is 0.417. The highest BCUT2D eigenvalue weighted by Gasteiger charge is 2.33. The van der Waals surface area contributed by atoms with Crippen molar-refractivity contribution in [3.63, 3.8) is 0 Å². The number of hydrogen-bond acceptors (Lipinski definition) is 4. The van der Waals surface area contributed by atoms with Crippen LogP contribution >= 0.6 is 0 Å². The first-order valence-electron chi connectivity index (χ1n) is 10.8. The molecule has 2 aliphatic heterocycles. The predicted octanol–water partition coefficient (Wildman–Crippen LogP) is 3.41. The summed E-state index contributed by atoms with van der Waals surface area (Å²) in [4.78, 5) is 29.9. The highest BCUT2D eigenvalue weighted by atomic mass is 16.3. The first kappa shape index (κ1) is 20.4. The molecule has 6 heteroatoms. The molecule has 2 heterocycles. The van der Waals surface area contributed by atoms with Crippen molar-refractivity contribution in [3.8, 4) is 5.75 Å². The van der Waals surface area contributed by atoms with Crippen LogP contribution in [0.4, 0.5) is 11.4 Å². The number of piperidine rings is 1. The van der Waals surface area contributed by atoms with Gasteiger partial charge in [-0.05, 0) is 69.5 Å². The van der Waals surface area contributed by atoms with Crippen molar-refractivity contribution in [1.82, 2.24) is 4.90 Å². The molecule has 1 saturated heterocycles. The maximum absolute atomic E-state index is 13.2. The number of carbonyl (C=O) groups excluding carboxylic acids is 2. The van der Waals surface area contributed by atoms with E-state index in [-0.39, 0.29) is 29.5 Å². The predicted molar refractivity (Wildman–Crippen MR) is 118 cm³/mol. The quantitative estimate of drug-likeness (QED) is 0.762. The maximum atomic E-state index is 13.2. The number of amides is 2. The van der Waals surface area contributed by atoms with Crippen molar-refractivity contribution in [1.29, 1.82) is 0 Å². The van der Waals surface area contributed by atoms with Gasteiger partial charge in [0.15, 0.2) is 0 Å². The molecule has 0 radical (unpaired) electrons. The van der Waals surface area contributed by atoms with Gasteiger partial charge in [0.25, 0.3) is 0 Å². The third kappa shape index (κ3) is 4.19. The number of nitrogens with zero attached hydrogens (tertiary/aromatic N) is 2. The van der Waals surface area contributed by atoms with E-state index in [1.807, 2.05) is 30.0 Å². The van der Waals surface area contributed by atoms with Gasteiger partial charge in [0.05, 0.1) is 11.7 Å². The molecular weight excluding hydrogens is 378 g/mol. The lowest BCUT2D eigenvalue weighted by molar-refractivity contribution is -0.125. The molecule has 0 spiro atoms. The van der Waals surface area contributed by atoms with Gasteiger partial charge in [-0.25, -0.2) is 0 Å². The molecule has 2 aliphatic rings. The van der Waals surface area contributed by atoms with E-state index in [0.717, 1.165) is 25.1 Å². The summed E-state index contributed by atoms with van der Waals surface area (Å²) in [6.45, 7) is 4.16. The van der Waals surface area contributed by atoms with E-state index in [1.165, 1.54) is 5.56 Å². The number of anilines is 2. The molecule has 2 amide bonds. The van der Waals surface area contributed by atoms with Gasteiger partial charge in [-0.15, -0.1) is 0 Å². The van der Waals surface area contributed by atoms with Crippen molar-refractivity contribution < 1.29 is 14.7 Å². The van der Waals surface area contributed by atoms with Crippen LogP contribution < -0.4 is 10.2 Å². The highest BCUT2D eigenvalue weighted by Crippen LogP contribution is 2.29. The van der Waals surface area contributed by atoms with Gasteiger partial charge in [0.2, 0.25) is 11.8 Å². The zero-order valence-corrected chi connectivity index (χ0v) is 17.4. The Morgan fingerprint density at radius 3 is 2.50 bits per heavy atom. The summed E-state index contributed by atoms with van der Waals surface area (Å²) in [6, 6.07) is 14.7. The van der Waals surface area contributed by atoms with Crippen LogP contribution in [0.5, 0.6) is 5.75 Å². The van der Waals surface area contributed by atoms with Crippen LogP contribution in [0.3, 0.4) is 0 Å². The minimum Gasteiger partial charge on any atom is -0.506 e. The van der Waals surface area contributed by atoms with Crippen molar-refractivity contribution in [2.45, 2.75) is 38.6 Å². The van der Waals surface area contributed by atoms with Crippen LogP contribution in [0.15, 0.2) is 48.5 Å². The molecule has 2 N–H and O–H groups in total. The number of nitrogens with one attached hydrogen (secondary N) is 1. The van der Waals surface area contributed by atoms with Gasteiger partial charge in [-0.2, -0.15) is 0 Å². The van der Waals surface area contributed by atoms with Crippen LogP contribution in [0.25, 0.3) is 0 Å². The molecule has 1 atom stereocenters. The number of aromatic hydroxyl groups is 1. The normalized spacial score (nSPS) is 18.5. The summed E-state index contributed by atoms with van der Waals surface area (Å²) in [6.07, 6.45) is 3.41. The number of fused-ring (bicyclic) bond motifs is 1. The number of hydrogen-bond donors (Lipinski definition) is 2. The van der Waals surface area contributed by atoms with Crippen LogP contribution in [0.2, 0.25) is 0 Å². The Hall–Kier alpha value is -2.86. The second-order valence-corrected chi connectivity index (χ2v) is 8.21. The summed E-state index contributed by atoms with van der Waals surface area (Å²) in [5.41, 5.74) is 2.72. The zero-order valence-electron chi connectivity index (χ0n) is 17.4. The standard InChI is InChI=1S/C24H29N3O3/c1-17(24(30)27-14-6-8-18-7-2-4-10-21(18)27)26-15-12-19(13-16-26)23(29)25-20-9-3-5-11-22(20)28/h2-5,7,9-11,17,19,28H,6,8,12-16H2,1H3,(H,25,29)/t17-/m1/s1. The molecule has 2 aromatic rings. The van der Waals surface area contributed by atoms with Gasteiger partial charge in [0.1, 0.15) is 5.75 Å². The van der Waals surface area contributed by atoms with Crippen LogP contribution in [0, 0.1) is 5.92 Å². The van der Waals surface area contributed by atoms with Crippen LogP contribution in [0.1, 0.15) is 31.7 Å². The Balaban J connectivity index is 1.34. The Morgan fingerprint density at radius 2 is 1.73 bits per heavy atom. The monoisotopic (exact) mass is 407 g/mol. The zero-order chi connectivity index (χ0) is 21.1. The topological polar surface area (TPSA) is 72.9 Å². The second-order valence-electron chi connectivity index (χ2n) is 8.21. The van der Waals surface area contributed by atoms with Gasteiger partial charge < -0.3 is 15.3 Å². The van der Waals surface area contributed by atoms with Crippen LogP contribution in [-0.2, 0) is 16.0 Å². The molecule has 4 rings (SSSR count). The molecule has 0 unspecified atom stereocenters. The fourth-order valence-corrected chi connectivity index (χ4v) is 4.51. The first-order valence-corrected chi connectivity index (χ1v) is 10.8. The Morgan fingerprint density at radius 1 is 1.03 bits per heavy atom. The largest absolute Gasteiger partial charge is 0.506 e. The summed E-state index contributed by atoms with van der Waals surface area (Å²) >= 11 is 0. The SMILES string of the molecule is C[C@H](C(=O)N1CCCc2ccccc21)N1CCC(C(=O)Nc2ccccc2O)CC1. The molecule has 2 aromatic carbocycles. The molecule has 6 nitrogen and oxygen atoms in total. The summed E-state index contributed by atoms with van der Waals surface area (Å²) in [5, 5.41) is 12.7. The van der Waals surface area contributed by atoms with Crippen molar-refractivity contribution in [3.05, 3.63) is 54.1 Å². The Labute approximate surface area is 177 Å². The molecule has 1 fully saturated rings. The van der Waals surface area contributed by atoms with Crippen LogP contribution in [-0.4, -0.2) is 47.5 Å². The number of aryl methyl sites for hydroxylation is 1. The van der Waals surface area contributed by atoms with E-state index in [4.69, 9.17) is 0 Å². The fourth-order valence-electron chi connectivity index (χ4n) is 4.51. The second kappa shape index (κ2) is 8.88. The summed E-state index contributed by atoms with van der Waals surface area (Å²) < 4.78 is 0. The lowest BCUT2D eigenvalue weighted by Crippen LogP contribution is -2.51. The number of para-hydroxylation sites is 3. The number of benzene rings is 2. The van der Waals surface area contributed by atoms with Crippen molar-refractivity contribution >= 4 is 23.2 Å². The Bertz CT molecular complexity index is 921. The van der Waals surface area contributed by atoms with E-state index < -0.39 is 0 Å². The minimum atomic E-state index is -0.210. The average molecular weight is 408 g/mol. The number of rotatable bonds is 4. The molecule has 0 aliphatic carbocycles. The van der Waals surface area contributed by atoms with Gasteiger partial charge in [-0.3, -0.25) is 14.5 Å². The number of likely N-dealkylation sites (tertiary alicyclic amines) is 1. The van der Waals surface area contributed by atoms with E-state index >= 15 is 0 Å². The van der Waals surface area contributed by atoms with E-state index in [2.05, 4.69) is 16.3 Å². The minimum absolute atomic E-state index is 0.0694. The first-order chi connectivity index (χ1) is 14.5. The molecule has 0 bridgehead atoms. The molecule has 0 aromatic heterocycles. The Kier molecular flexibility index (Phi) is 6.04. The lowest BCUT2D eigenvalue weighted by atomic mass is 9.94.